The van der Waals surface area contributed by atoms with E-state index in [9.17, 15) is 0 Å². The zero-order valence-corrected chi connectivity index (χ0v) is 24.0. The third kappa shape index (κ3) is 3.24. The Kier molecular flexibility index (Phi) is 4.83. The zero-order valence-electron chi connectivity index (χ0n) is 24.0. The van der Waals surface area contributed by atoms with Crippen LogP contribution in [0.5, 0.6) is 0 Å². The van der Waals surface area contributed by atoms with Crippen molar-refractivity contribution in [2.45, 2.75) is 6.42 Å². The highest BCUT2D eigenvalue weighted by Crippen LogP contribution is 2.52. The van der Waals surface area contributed by atoms with E-state index in [1.807, 2.05) is 0 Å². The van der Waals surface area contributed by atoms with E-state index < -0.39 is 0 Å². The smallest absolute Gasteiger partial charge is 0.145 e. The summed E-state index contributed by atoms with van der Waals surface area (Å²) in [7, 11) is 0. The molecular weight excluding hydrogens is 534 g/mol. The van der Waals surface area contributed by atoms with E-state index in [1.165, 1.54) is 39.0 Å². The van der Waals surface area contributed by atoms with Gasteiger partial charge in [-0.15, -0.1) is 0 Å². The Morgan fingerprint density at radius 1 is 0.705 bits per heavy atom. The topological polar surface area (TPSA) is 21.1 Å². The van der Waals surface area contributed by atoms with Crippen LogP contribution in [0.25, 0.3) is 33.7 Å². The average Bonchev–Trinajstić information content (AvgIpc) is 3.49. The van der Waals surface area contributed by atoms with E-state index in [0.29, 0.717) is 5.92 Å². The Morgan fingerprint density at radius 3 is 2.45 bits per heavy atom. The minimum absolute atomic E-state index is 0.292. The summed E-state index contributed by atoms with van der Waals surface area (Å²) in [6, 6.07) is 34.8. The first-order chi connectivity index (χ1) is 21.8. The van der Waals surface area contributed by atoms with Crippen molar-refractivity contribution < 1.29 is 0 Å². The van der Waals surface area contributed by atoms with Crippen LogP contribution in [0.2, 0.25) is 0 Å². The first kappa shape index (κ1) is 23.8. The molecule has 5 aromatic rings. The fourth-order valence-electron chi connectivity index (χ4n) is 7.73. The molecule has 1 aromatic heterocycles. The molecule has 2 heterocycles. The first-order valence-electron chi connectivity index (χ1n) is 15.3. The molecule has 3 nitrogen and oxygen atoms in total. The molecule has 0 bridgehead atoms. The summed E-state index contributed by atoms with van der Waals surface area (Å²) in [5, 5.41) is 0. The number of rotatable bonds is 3. The highest BCUT2D eigenvalue weighted by atomic mass is 15.2. The van der Waals surface area contributed by atoms with E-state index in [4.69, 9.17) is 4.98 Å². The van der Waals surface area contributed by atoms with Gasteiger partial charge in [-0.2, -0.15) is 0 Å². The van der Waals surface area contributed by atoms with Gasteiger partial charge in [-0.1, -0.05) is 109 Å². The number of fused-ring (bicyclic) bond motifs is 2. The number of imidazole rings is 1. The number of para-hydroxylation sites is 2. The van der Waals surface area contributed by atoms with E-state index >= 15 is 0 Å². The number of hydrogen-bond donors (Lipinski definition) is 0. The Bertz CT molecular complexity index is 2280. The maximum atomic E-state index is 5.20. The van der Waals surface area contributed by atoms with Crippen molar-refractivity contribution >= 4 is 33.7 Å². The summed E-state index contributed by atoms with van der Waals surface area (Å²) in [6.45, 7) is 0. The molecule has 0 N–H and O–H groups in total. The second-order valence-electron chi connectivity index (χ2n) is 12.0. The number of allylic oxidation sites excluding steroid dienone is 14. The van der Waals surface area contributed by atoms with Gasteiger partial charge in [0.1, 0.15) is 5.82 Å². The number of hydrogen-bond acceptors (Lipinski definition) is 2. The van der Waals surface area contributed by atoms with Crippen LogP contribution in [0.4, 0.5) is 17.1 Å². The molecule has 44 heavy (non-hydrogen) atoms. The van der Waals surface area contributed by atoms with Crippen molar-refractivity contribution in [1.82, 2.24) is 9.55 Å². The number of aromatic nitrogens is 2. The molecule has 3 heteroatoms. The van der Waals surface area contributed by atoms with Gasteiger partial charge in [0.25, 0.3) is 0 Å². The predicted molar refractivity (Wildman–Crippen MR) is 180 cm³/mol. The molecule has 1 unspecified atom stereocenters. The molecule has 4 aromatic carbocycles. The van der Waals surface area contributed by atoms with Crippen LogP contribution in [-0.2, 0) is 0 Å². The van der Waals surface area contributed by atoms with Crippen LogP contribution < -0.4 is 4.90 Å². The SMILES string of the molecule is C1=CC2=C(c3ccc4c(c3)N(c3ccccc3)c3cccc5nc(-c6ccccc6)n-4c35)C=C3CC=CC4=C3C2C(=C1)C=C4. The third-order valence-electron chi connectivity index (χ3n) is 9.59. The van der Waals surface area contributed by atoms with Crippen molar-refractivity contribution in [3.63, 3.8) is 0 Å². The summed E-state index contributed by atoms with van der Waals surface area (Å²) in [4.78, 5) is 7.61. The molecule has 0 saturated heterocycles. The molecule has 10 rings (SSSR count). The normalized spacial score (nSPS) is 18.8. The molecule has 0 amide bonds. The minimum atomic E-state index is 0.292. The highest BCUT2D eigenvalue weighted by molar-refractivity contribution is 6.03. The molecule has 1 aliphatic heterocycles. The number of benzene rings is 4. The van der Waals surface area contributed by atoms with E-state index in [0.717, 1.165) is 51.6 Å². The van der Waals surface area contributed by atoms with Crippen molar-refractivity contribution in [2.24, 2.45) is 5.92 Å². The van der Waals surface area contributed by atoms with Crippen molar-refractivity contribution in [3.8, 4) is 17.1 Å². The molecule has 0 fully saturated rings. The van der Waals surface area contributed by atoms with Crippen molar-refractivity contribution in [1.29, 1.82) is 0 Å². The molecular formula is C41H27N3. The van der Waals surface area contributed by atoms with Crippen LogP contribution in [0.1, 0.15) is 12.0 Å². The summed E-state index contributed by atoms with van der Waals surface area (Å²) >= 11 is 0. The van der Waals surface area contributed by atoms with Gasteiger partial charge < -0.3 is 4.90 Å². The summed E-state index contributed by atoms with van der Waals surface area (Å²) in [6.07, 6.45) is 19.4. The summed E-state index contributed by atoms with van der Waals surface area (Å²) in [5.41, 5.74) is 17.4. The van der Waals surface area contributed by atoms with Crippen molar-refractivity contribution in [3.05, 3.63) is 179 Å². The van der Waals surface area contributed by atoms with Gasteiger partial charge >= 0.3 is 0 Å². The molecule has 1 atom stereocenters. The lowest BCUT2D eigenvalue weighted by molar-refractivity contribution is 0.836. The Balaban J connectivity index is 1.25. The fraction of sp³-hybridized carbons (Fsp3) is 0.0488. The second kappa shape index (κ2) is 8.92. The molecule has 0 spiro atoms. The van der Waals surface area contributed by atoms with Crippen LogP contribution in [0.3, 0.4) is 0 Å². The quantitative estimate of drug-likeness (QED) is 0.214. The first-order valence-corrected chi connectivity index (χ1v) is 15.3. The lowest BCUT2D eigenvalue weighted by atomic mass is 9.66. The Labute approximate surface area is 256 Å². The summed E-state index contributed by atoms with van der Waals surface area (Å²) < 4.78 is 2.36. The van der Waals surface area contributed by atoms with E-state index in [2.05, 4.69) is 155 Å². The molecule has 5 aliphatic rings. The van der Waals surface area contributed by atoms with E-state index in [-0.39, 0.29) is 0 Å². The van der Waals surface area contributed by atoms with Gasteiger partial charge in [0.2, 0.25) is 0 Å². The highest BCUT2D eigenvalue weighted by Gasteiger charge is 2.36. The summed E-state index contributed by atoms with van der Waals surface area (Å²) in [5.74, 6) is 1.26. The third-order valence-corrected chi connectivity index (χ3v) is 9.59. The molecule has 4 aliphatic carbocycles. The van der Waals surface area contributed by atoms with Crippen LogP contribution in [-0.4, -0.2) is 9.55 Å². The lowest BCUT2D eigenvalue weighted by Crippen LogP contribution is -2.22. The van der Waals surface area contributed by atoms with Gasteiger partial charge in [-0.25, -0.2) is 4.98 Å². The Hall–Kier alpha value is -5.67. The fourth-order valence-corrected chi connectivity index (χ4v) is 7.73. The monoisotopic (exact) mass is 561 g/mol. The minimum Gasteiger partial charge on any atom is -0.306 e. The van der Waals surface area contributed by atoms with Gasteiger partial charge in [0.05, 0.1) is 28.1 Å². The van der Waals surface area contributed by atoms with E-state index in [1.54, 1.807) is 0 Å². The standard InChI is InChI=1S/C41H27N3/c1-3-10-28(11-4-1)41-42-34-18-9-19-36-40(34)44(41)35-23-22-29(25-37(35)43(36)31-15-5-2-6-16-31)33-24-30-14-7-12-26-20-21-27-13-8-17-32(33)39(27)38(26)30/h1-13,15-25,39H,14H2. The van der Waals surface area contributed by atoms with Gasteiger partial charge in [-0.05, 0) is 81.8 Å². The average molecular weight is 562 g/mol. The zero-order chi connectivity index (χ0) is 28.8. The Morgan fingerprint density at radius 2 is 1.57 bits per heavy atom. The number of anilines is 3. The van der Waals surface area contributed by atoms with Crippen LogP contribution in [0, 0.1) is 5.92 Å². The molecule has 206 valence electrons. The molecule has 0 saturated carbocycles. The lowest BCUT2D eigenvalue weighted by Gasteiger charge is -2.37. The predicted octanol–water partition coefficient (Wildman–Crippen LogP) is 10.1. The van der Waals surface area contributed by atoms with Gasteiger partial charge in [-0.3, -0.25) is 4.57 Å². The number of nitrogens with zero attached hydrogens (tertiary/aromatic N) is 3. The van der Waals surface area contributed by atoms with Gasteiger partial charge in [0.15, 0.2) is 0 Å². The maximum Gasteiger partial charge on any atom is 0.145 e. The van der Waals surface area contributed by atoms with Crippen LogP contribution in [0.15, 0.2) is 174 Å². The maximum absolute atomic E-state index is 5.20. The second-order valence-corrected chi connectivity index (χ2v) is 12.0. The van der Waals surface area contributed by atoms with Gasteiger partial charge in [0, 0.05) is 17.2 Å². The van der Waals surface area contributed by atoms with Crippen LogP contribution >= 0.6 is 0 Å². The molecule has 0 radical (unpaired) electrons. The van der Waals surface area contributed by atoms with Crippen molar-refractivity contribution in [2.75, 3.05) is 4.90 Å². The largest absolute Gasteiger partial charge is 0.306 e.